The van der Waals surface area contributed by atoms with E-state index in [9.17, 15) is 4.79 Å². The highest BCUT2D eigenvalue weighted by Crippen LogP contribution is 2.20. The third-order valence-corrected chi connectivity index (χ3v) is 4.40. The number of carbonyl (C=O) groups is 1. The number of carbonyl (C=O) groups excluding carboxylic acids is 1. The number of nitrogens with zero attached hydrogens (tertiary/aromatic N) is 3. The van der Waals surface area contributed by atoms with Gasteiger partial charge in [-0.15, -0.1) is 0 Å². The molecule has 2 aliphatic rings. The third-order valence-electron chi connectivity index (χ3n) is 4.40. The Morgan fingerprint density at radius 3 is 2.95 bits per heavy atom. The summed E-state index contributed by atoms with van der Waals surface area (Å²) in [6, 6.07) is 0.685. The Balaban J connectivity index is 1.75. The smallest absolute Gasteiger partial charge is 0.236 e. The Bertz CT molecular complexity index is 297. The maximum atomic E-state index is 12.1. The van der Waals surface area contributed by atoms with Crippen LogP contribution in [0.4, 0.5) is 0 Å². The lowest BCUT2D eigenvalue weighted by molar-refractivity contribution is -0.132. The van der Waals surface area contributed by atoms with Crippen molar-refractivity contribution in [3.63, 3.8) is 0 Å². The van der Waals surface area contributed by atoms with E-state index in [0.717, 1.165) is 32.6 Å². The fourth-order valence-electron chi connectivity index (χ4n) is 3.13. The van der Waals surface area contributed by atoms with Gasteiger partial charge < -0.3 is 10.6 Å². The molecule has 2 aliphatic heterocycles. The molecule has 1 amide bonds. The Morgan fingerprint density at radius 2 is 2.16 bits per heavy atom. The summed E-state index contributed by atoms with van der Waals surface area (Å²) in [7, 11) is 1.88. The van der Waals surface area contributed by atoms with Crippen LogP contribution in [0.15, 0.2) is 0 Å². The number of piperazine rings is 1. The van der Waals surface area contributed by atoms with E-state index in [4.69, 9.17) is 5.73 Å². The standard InChI is InChI=1S/C14H28N4O/c1-16(7-4-6-15)14(19)12-17-9-10-18-8-3-2-5-13(18)11-17/h13H,2-12,15H2,1H3. The molecule has 1 atom stereocenters. The van der Waals surface area contributed by atoms with Gasteiger partial charge in [-0.1, -0.05) is 6.42 Å². The van der Waals surface area contributed by atoms with Crippen molar-refractivity contribution in [2.75, 3.05) is 52.9 Å². The fraction of sp³-hybridized carbons (Fsp3) is 0.929. The van der Waals surface area contributed by atoms with Crippen molar-refractivity contribution in [2.45, 2.75) is 31.7 Å². The molecule has 2 saturated heterocycles. The molecule has 2 heterocycles. The highest BCUT2D eigenvalue weighted by atomic mass is 16.2. The lowest BCUT2D eigenvalue weighted by atomic mass is 9.99. The highest BCUT2D eigenvalue weighted by molar-refractivity contribution is 5.78. The Labute approximate surface area is 116 Å². The van der Waals surface area contributed by atoms with Gasteiger partial charge in [0.05, 0.1) is 6.54 Å². The summed E-state index contributed by atoms with van der Waals surface area (Å²) in [6.45, 7) is 6.49. The van der Waals surface area contributed by atoms with Crippen molar-refractivity contribution in [3.05, 3.63) is 0 Å². The van der Waals surface area contributed by atoms with Crippen molar-refractivity contribution >= 4 is 5.91 Å². The number of amides is 1. The fourth-order valence-corrected chi connectivity index (χ4v) is 3.13. The van der Waals surface area contributed by atoms with Crippen LogP contribution in [-0.2, 0) is 4.79 Å². The van der Waals surface area contributed by atoms with Crippen LogP contribution in [0.1, 0.15) is 25.7 Å². The van der Waals surface area contributed by atoms with E-state index in [-0.39, 0.29) is 5.91 Å². The minimum atomic E-state index is 0.234. The number of hydrogen-bond acceptors (Lipinski definition) is 4. The predicted octanol–water partition coefficient (Wildman–Crippen LogP) is -0.0363. The second-order valence-corrected chi connectivity index (χ2v) is 5.88. The zero-order chi connectivity index (χ0) is 13.7. The van der Waals surface area contributed by atoms with Crippen molar-refractivity contribution in [3.8, 4) is 0 Å². The van der Waals surface area contributed by atoms with Crippen LogP contribution in [-0.4, -0.2) is 79.5 Å². The van der Waals surface area contributed by atoms with Crippen LogP contribution in [0.2, 0.25) is 0 Å². The van der Waals surface area contributed by atoms with E-state index < -0.39 is 0 Å². The van der Waals surface area contributed by atoms with Gasteiger partial charge in [0.2, 0.25) is 5.91 Å². The number of rotatable bonds is 5. The summed E-state index contributed by atoms with van der Waals surface area (Å²) < 4.78 is 0. The minimum absolute atomic E-state index is 0.234. The van der Waals surface area contributed by atoms with Gasteiger partial charge in [-0.05, 0) is 32.4 Å². The number of hydrogen-bond donors (Lipinski definition) is 1. The van der Waals surface area contributed by atoms with Crippen LogP contribution < -0.4 is 5.73 Å². The zero-order valence-electron chi connectivity index (χ0n) is 12.2. The summed E-state index contributed by atoms with van der Waals surface area (Å²) in [5, 5.41) is 0. The van der Waals surface area contributed by atoms with Gasteiger partial charge in [0.1, 0.15) is 0 Å². The monoisotopic (exact) mass is 268 g/mol. The molecule has 5 nitrogen and oxygen atoms in total. The first-order valence-corrected chi connectivity index (χ1v) is 7.61. The largest absolute Gasteiger partial charge is 0.345 e. The topological polar surface area (TPSA) is 52.8 Å². The molecule has 0 aromatic heterocycles. The van der Waals surface area contributed by atoms with E-state index in [1.165, 1.54) is 25.8 Å². The van der Waals surface area contributed by atoms with E-state index in [2.05, 4.69) is 9.80 Å². The molecule has 110 valence electrons. The maximum absolute atomic E-state index is 12.1. The van der Waals surface area contributed by atoms with E-state index in [1.807, 2.05) is 11.9 Å². The Kier molecular flexibility index (Phi) is 5.60. The first-order chi connectivity index (χ1) is 9.20. The van der Waals surface area contributed by atoms with Gasteiger partial charge in [0.15, 0.2) is 0 Å². The second kappa shape index (κ2) is 7.22. The molecule has 19 heavy (non-hydrogen) atoms. The number of likely N-dealkylation sites (N-methyl/N-ethyl adjacent to an activating group) is 1. The number of piperidine rings is 1. The predicted molar refractivity (Wildman–Crippen MR) is 77.0 cm³/mol. The van der Waals surface area contributed by atoms with Gasteiger partial charge in [-0.3, -0.25) is 14.6 Å². The highest BCUT2D eigenvalue weighted by Gasteiger charge is 2.29. The van der Waals surface area contributed by atoms with Gasteiger partial charge >= 0.3 is 0 Å². The molecule has 2 rings (SSSR count). The van der Waals surface area contributed by atoms with Crippen LogP contribution >= 0.6 is 0 Å². The molecule has 0 radical (unpaired) electrons. The minimum Gasteiger partial charge on any atom is -0.345 e. The van der Waals surface area contributed by atoms with Gasteiger partial charge in [0, 0.05) is 39.3 Å². The van der Waals surface area contributed by atoms with Crippen molar-refractivity contribution in [2.24, 2.45) is 5.73 Å². The van der Waals surface area contributed by atoms with Gasteiger partial charge in [-0.2, -0.15) is 0 Å². The average molecular weight is 268 g/mol. The molecule has 2 N–H and O–H groups in total. The number of nitrogens with two attached hydrogens (primary N) is 1. The lowest BCUT2D eigenvalue weighted by Gasteiger charge is -2.44. The first kappa shape index (κ1) is 14.8. The van der Waals surface area contributed by atoms with E-state index in [1.54, 1.807) is 0 Å². The zero-order valence-corrected chi connectivity index (χ0v) is 12.2. The van der Waals surface area contributed by atoms with Crippen LogP contribution in [0.25, 0.3) is 0 Å². The van der Waals surface area contributed by atoms with Crippen molar-refractivity contribution in [1.82, 2.24) is 14.7 Å². The summed E-state index contributed by atoms with van der Waals surface area (Å²) in [4.78, 5) is 18.9. The molecule has 0 bridgehead atoms. The second-order valence-electron chi connectivity index (χ2n) is 5.88. The van der Waals surface area contributed by atoms with Crippen LogP contribution in [0.5, 0.6) is 0 Å². The molecule has 2 fully saturated rings. The van der Waals surface area contributed by atoms with E-state index in [0.29, 0.717) is 19.1 Å². The lowest BCUT2D eigenvalue weighted by Crippen LogP contribution is -2.56. The molecule has 0 aliphatic carbocycles. The third kappa shape index (κ3) is 4.16. The molecule has 5 heteroatoms. The molecule has 0 saturated carbocycles. The van der Waals surface area contributed by atoms with Gasteiger partial charge in [-0.25, -0.2) is 0 Å². The molecular formula is C14H28N4O. The molecular weight excluding hydrogens is 240 g/mol. The Morgan fingerprint density at radius 1 is 1.32 bits per heavy atom. The summed E-state index contributed by atoms with van der Waals surface area (Å²) in [6.07, 6.45) is 4.88. The molecule has 1 unspecified atom stereocenters. The summed E-state index contributed by atoms with van der Waals surface area (Å²) in [5.41, 5.74) is 5.48. The summed E-state index contributed by atoms with van der Waals surface area (Å²) >= 11 is 0. The van der Waals surface area contributed by atoms with Crippen molar-refractivity contribution < 1.29 is 4.79 Å². The normalized spacial score (nSPS) is 25.1. The van der Waals surface area contributed by atoms with Crippen LogP contribution in [0, 0.1) is 0 Å². The number of fused-ring (bicyclic) bond motifs is 1. The SMILES string of the molecule is CN(CCCN)C(=O)CN1CCN2CCCCC2C1. The maximum Gasteiger partial charge on any atom is 0.236 e. The molecule has 0 aromatic carbocycles. The summed E-state index contributed by atoms with van der Waals surface area (Å²) in [5.74, 6) is 0.234. The molecule has 0 aromatic rings. The van der Waals surface area contributed by atoms with E-state index >= 15 is 0 Å². The van der Waals surface area contributed by atoms with Crippen LogP contribution in [0.3, 0.4) is 0 Å². The van der Waals surface area contributed by atoms with Crippen molar-refractivity contribution in [1.29, 1.82) is 0 Å². The first-order valence-electron chi connectivity index (χ1n) is 7.61. The Hall–Kier alpha value is -0.650. The quantitative estimate of drug-likeness (QED) is 0.760. The molecule has 0 spiro atoms. The average Bonchev–Trinajstić information content (AvgIpc) is 2.44. The van der Waals surface area contributed by atoms with Gasteiger partial charge in [0.25, 0.3) is 0 Å².